The molecule has 1 fully saturated rings. The maximum absolute atomic E-state index is 14.7. The lowest BCUT2D eigenvalue weighted by Gasteiger charge is -2.38. The number of pyridine rings is 1. The first kappa shape index (κ1) is 24.5. The lowest BCUT2D eigenvalue weighted by atomic mass is 9.93. The van der Waals surface area contributed by atoms with Gasteiger partial charge in [-0.2, -0.15) is 4.39 Å². The zero-order chi connectivity index (χ0) is 24.9. The van der Waals surface area contributed by atoms with E-state index in [2.05, 4.69) is 10.3 Å². The van der Waals surface area contributed by atoms with Gasteiger partial charge in [-0.3, -0.25) is 4.90 Å². The first-order valence-electron chi connectivity index (χ1n) is 10.7. The van der Waals surface area contributed by atoms with E-state index in [4.69, 9.17) is 27.9 Å². The van der Waals surface area contributed by atoms with Crippen molar-refractivity contribution in [1.82, 2.24) is 9.88 Å². The largest absolute Gasteiger partial charge is 0.443 e. The van der Waals surface area contributed by atoms with Crippen LogP contribution in [0.5, 0.6) is 0 Å². The maximum Gasteiger partial charge on any atom is 0.414 e. The topological polar surface area (TPSA) is 74.8 Å². The maximum atomic E-state index is 14.7. The highest BCUT2D eigenvalue weighted by atomic mass is 35.5. The van der Waals surface area contributed by atoms with Gasteiger partial charge in [0.25, 0.3) is 0 Å². The molecule has 3 heterocycles. The van der Waals surface area contributed by atoms with E-state index in [1.54, 1.807) is 25.7 Å². The van der Waals surface area contributed by atoms with Crippen LogP contribution in [0.15, 0.2) is 18.3 Å². The third-order valence-electron chi connectivity index (χ3n) is 5.94. The van der Waals surface area contributed by atoms with Crippen molar-refractivity contribution in [3.63, 3.8) is 0 Å². The molecular formula is C23H24Cl2F2N4O3. The molecule has 2 aromatic rings. The fraction of sp³-hybridized carbons (Fsp3) is 0.435. The summed E-state index contributed by atoms with van der Waals surface area (Å²) >= 11 is 11.8. The number of anilines is 2. The number of ether oxygens (including phenoxy) is 1. The Balaban J connectivity index is 1.68. The number of benzene rings is 1. The Morgan fingerprint density at radius 3 is 2.56 bits per heavy atom. The number of halogens is 4. The molecule has 0 aliphatic carbocycles. The summed E-state index contributed by atoms with van der Waals surface area (Å²) in [4.78, 5) is 32.6. The molecule has 34 heavy (non-hydrogen) atoms. The summed E-state index contributed by atoms with van der Waals surface area (Å²) in [5.74, 6) is -1.36. The van der Waals surface area contributed by atoms with Gasteiger partial charge in [-0.15, -0.1) is 0 Å². The Bertz CT molecular complexity index is 1170. The highest BCUT2D eigenvalue weighted by Gasteiger charge is 2.46. The van der Waals surface area contributed by atoms with Gasteiger partial charge in [0, 0.05) is 24.2 Å². The van der Waals surface area contributed by atoms with Crippen molar-refractivity contribution in [3.05, 3.63) is 51.3 Å². The van der Waals surface area contributed by atoms with E-state index in [0.717, 1.165) is 6.07 Å². The Morgan fingerprint density at radius 1 is 1.21 bits per heavy atom. The summed E-state index contributed by atoms with van der Waals surface area (Å²) in [5, 5.41) is 2.68. The van der Waals surface area contributed by atoms with Gasteiger partial charge in [0.1, 0.15) is 11.4 Å². The Labute approximate surface area is 206 Å². The third kappa shape index (κ3) is 4.51. The number of fused-ring (bicyclic) bond motifs is 4. The Kier molecular flexibility index (Phi) is 6.37. The van der Waals surface area contributed by atoms with Gasteiger partial charge in [-0.05, 0) is 52.2 Å². The summed E-state index contributed by atoms with van der Waals surface area (Å²) in [6.45, 7) is 5.23. The van der Waals surface area contributed by atoms with E-state index in [1.807, 2.05) is 0 Å². The van der Waals surface area contributed by atoms with Crippen LogP contribution < -0.4 is 10.2 Å². The quantitative estimate of drug-likeness (QED) is 0.376. The van der Waals surface area contributed by atoms with Crippen LogP contribution in [-0.2, 0) is 11.2 Å². The van der Waals surface area contributed by atoms with Gasteiger partial charge >= 0.3 is 12.1 Å². The fourth-order valence-electron chi connectivity index (χ4n) is 4.50. The highest BCUT2D eigenvalue weighted by Crippen LogP contribution is 2.48. The van der Waals surface area contributed by atoms with Crippen LogP contribution in [0, 0.1) is 11.8 Å². The van der Waals surface area contributed by atoms with Gasteiger partial charge in [0.2, 0.25) is 5.95 Å². The Hall–Kier alpha value is -2.65. The summed E-state index contributed by atoms with van der Waals surface area (Å²) < 4.78 is 34.5. The lowest BCUT2D eigenvalue weighted by molar-refractivity contribution is 0.0588. The first-order valence-corrected chi connectivity index (χ1v) is 11.5. The number of nitrogens with zero attached hydrogens (tertiary/aromatic N) is 3. The molecule has 1 N–H and O–H groups in total. The number of urea groups is 1. The number of rotatable bonds is 2. The molecule has 4 rings (SSSR count). The summed E-state index contributed by atoms with van der Waals surface area (Å²) in [5.41, 5.74) is 0.378. The second-order valence-electron chi connectivity index (χ2n) is 9.40. The van der Waals surface area contributed by atoms with Crippen molar-refractivity contribution < 1.29 is 23.1 Å². The molecular weight excluding hydrogens is 489 g/mol. The predicted molar refractivity (Wildman–Crippen MR) is 126 cm³/mol. The minimum absolute atomic E-state index is 0.0296. The molecule has 0 spiro atoms. The van der Waals surface area contributed by atoms with Gasteiger partial charge < -0.3 is 15.0 Å². The monoisotopic (exact) mass is 512 g/mol. The molecule has 0 saturated carbocycles. The van der Waals surface area contributed by atoms with Crippen molar-refractivity contribution in [1.29, 1.82) is 0 Å². The molecule has 1 aromatic heterocycles. The normalized spacial score (nSPS) is 19.0. The number of aromatic nitrogens is 1. The molecule has 11 heteroatoms. The molecule has 1 aromatic carbocycles. The SMILES string of the molecule is CN(C(=O)OC(C)(C)C)c1cnc(F)c2c1C1CC[C@@H](C2)N1C(=O)Nc1cc(Cl)c(Cl)cc1F. The van der Waals surface area contributed by atoms with Crippen LogP contribution in [0.2, 0.25) is 10.0 Å². The van der Waals surface area contributed by atoms with Crippen LogP contribution in [0.25, 0.3) is 0 Å². The van der Waals surface area contributed by atoms with Crippen molar-refractivity contribution >= 4 is 46.7 Å². The average molecular weight is 513 g/mol. The number of carbonyl (C=O) groups is 2. The number of nitrogens with one attached hydrogen (secondary N) is 1. The van der Waals surface area contributed by atoms with E-state index in [0.29, 0.717) is 29.7 Å². The zero-order valence-electron chi connectivity index (χ0n) is 19.1. The summed E-state index contributed by atoms with van der Waals surface area (Å²) in [7, 11) is 1.51. The predicted octanol–water partition coefficient (Wildman–Crippen LogP) is 6.33. The molecule has 2 bridgehead atoms. The number of hydrogen-bond donors (Lipinski definition) is 1. The smallest absolute Gasteiger partial charge is 0.414 e. The molecule has 2 atom stereocenters. The number of amides is 3. The van der Waals surface area contributed by atoms with Gasteiger partial charge in [-0.1, -0.05) is 23.2 Å². The van der Waals surface area contributed by atoms with Crippen molar-refractivity contribution in [2.24, 2.45) is 0 Å². The van der Waals surface area contributed by atoms with Crippen molar-refractivity contribution in [3.8, 4) is 0 Å². The molecule has 1 unspecified atom stereocenters. The minimum Gasteiger partial charge on any atom is -0.443 e. The Morgan fingerprint density at radius 2 is 1.88 bits per heavy atom. The molecule has 2 aliphatic rings. The molecule has 182 valence electrons. The van der Waals surface area contributed by atoms with Gasteiger partial charge in [0.05, 0.1) is 33.7 Å². The fourth-order valence-corrected chi connectivity index (χ4v) is 4.81. The molecule has 0 radical (unpaired) electrons. The van der Waals surface area contributed by atoms with Gasteiger partial charge in [0.15, 0.2) is 0 Å². The van der Waals surface area contributed by atoms with Crippen molar-refractivity contribution in [2.45, 2.75) is 57.7 Å². The standard InChI is InChI=1S/C23H24Cl2F2N4O3/c1-23(2,3)34-22(33)30(4)18-10-28-20(27)12-7-11-5-6-17(19(12)18)31(11)21(32)29-16-9-14(25)13(24)8-15(16)26/h8-11,17H,5-7H2,1-4H3,(H,29,32)/t11-,17?/m0/s1. The lowest BCUT2D eigenvalue weighted by Crippen LogP contribution is -2.45. The molecule has 1 saturated heterocycles. The van der Waals surface area contributed by atoms with E-state index in [1.165, 1.54) is 24.2 Å². The average Bonchev–Trinajstić information content (AvgIpc) is 3.05. The molecule has 7 nitrogen and oxygen atoms in total. The van der Waals surface area contributed by atoms with E-state index in [-0.39, 0.29) is 28.2 Å². The second kappa shape index (κ2) is 8.85. The summed E-state index contributed by atoms with van der Waals surface area (Å²) in [6, 6.07) is 0.869. The van der Waals surface area contributed by atoms with Crippen LogP contribution in [0.4, 0.5) is 29.7 Å². The third-order valence-corrected chi connectivity index (χ3v) is 6.66. The van der Waals surface area contributed by atoms with E-state index >= 15 is 0 Å². The van der Waals surface area contributed by atoms with Crippen LogP contribution in [-0.4, -0.2) is 40.7 Å². The molecule has 3 amide bonds. The highest BCUT2D eigenvalue weighted by molar-refractivity contribution is 6.42. The van der Waals surface area contributed by atoms with Crippen LogP contribution in [0.3, 0.4) is 0 Å². The first-order chi connectivity index (χ1) is 15.9. The van der Waals surface area contributed by atoms with Gasteiger partial charge in [-0.25, -0.2) is 19.0 Å². The minimum atomic E-state index is -0.729. The van der Waals surface area contributed by atoms with Crippen molar-refractivity contribution in [2.75, 3.05) is 17.3 Å². The van der Waals surface area contributed by atoms with E-state index < -0.39 is 35.5 Å². The second-order valence-corrected chi connectivity index (χ2v) is 10.2. The van der Waals surface area contributed by atoms with E-state index in [9.17, 15) is 18.4 Å². The zero-order valence-corrected chi connectivity index (χ0v) is 20.6. The molecule has 2 aliphatic heterocycles. The van der Waals surface area contributed by atoms with Crippen LogP contribution >= 0.6 is 23.2 Å². The summed E-state index contributed by atoms with van der Waals surface area (Å²) in [6.07, 6.45) is 2.03. The number of carbonyl (C=O) groups excluding carboxylic acids is 2. The van der Waals surface area contributed by atoms with Crippen LogP contribution in [0.1, 0.15) is 50.8 Å². The number of hydrogen-bond acceptors (Lipinski definition) is 4.